The molecule has 0 aliphatic rings. The Morgan fingerprint density at radius 1 is 1.50 bits per heavy atom. The second-order valence-electron chi connectivity index (χ2n) is 3.90. The zero-order chi connectivity index (χ0) is 13.5. The summed E-state index contributed by atoms with van der Waals surface area (Å²) in [5.74, 6) is 0.773. The highest BCUT2D eigenvalue weighted by atomic mass is 32.2. The summed E-state index contributed by atoms with van der Waals surface area (Å²) in [6, 6.07) is 1.62. The van der Waals surface area contributed by atoms with Crippen molar-refractivity contribution in [3.8, 4) is 0 Å². The Morgan fingerprint density at radius 2 is 2.22 bits per heavy atom. The first kappa shape index (κ1) is 14.6. The number of ether oxygens (including phenoxy) is 1. The fourth-order valence-corrected chi connectivity index (χ4v) is 1.72. The van der Waals surface area contributed by atoms with E-state index in [1.807, 2.05) is 0 Å². The van der Waals surface area contributed by atoms with Crippen LogP contribution in [-0.2, 0) is 14.3 Å². The summed E-state index contributed by atoms with van der Waals surface area (Å²) in [6.07, 6.45) is -0.134. The molecule has 1 amide bonds. The topological polar surface area (TPSA) is 81.4 Å². The number of nitrogens with one attached hydrogen (secondary N) is 1. The van der Waals surface area contributed by atoms with Crippen LogP contribution in [0.15, 0.2) is 10.6 Å². The van der Waals surface area contributed by atoms with Gasteiger partial charge in [0.2, 0.25) is 5.91 Å². The zero-order valence-electron chi connectivity index (χ0n) is 10.6. The monoisotopic (exact) mass is 272 g/mol. The van der Waals surface area contributed by atoms with Crippen LogP contribution in [0, 0.1) is 6.92 Å². The lowest BCUT2D eigenvalue weighted by atomic mass is 10.5. The van der Waals surface area contributed by atoms with Crippen molar-refractivity contribution in [1.82, 2.24) is 5.16 Å². The maximum atomic E-state index is 11.5. The smallest absolute Gasteiger partial charge is 0.316 e. The van der Waals surface area contributed by atoms with Gasteiger partial charge in [0, 0.05) is 6.07 Å². The molecule has 0 saturated carbocycles. The lowest BCUT2D eigenvalue weighted by Gasteiger charge is -2.07. The molecule has 0 aliphatic heterocycles. The van der Waals surface area contributed by atoms with Gasteiger partial charge in [0.15, 0.2) is 5.82 Å². The maximum absolute atomic E-state index is 11.5. The molecule has 1 rings (SSSR count). The maximum Gasteiger partial charge on any atom is 0.316 e. The van der Waals surface area contributed by atoms with Crippen molar-refractivity contribution in [1.29, 1.82) is 0 Å². The average Bonchev–Trinajstić information content (AvgIpc) is 2.62. The molecule has 0 unspecified atom stereocenters. The number of nitrogens with zero attached hydrogens (tertiary/aromatic N) is 1. The highest BCUT2D eigenvalue weighted by Crippen LogP contribution is 2.08. The van der Waals surface area contributed by atoms with Crippen molar-refractivity contribution in [2.45, 2.75) is 26.9 Å². The molecule has 1 aromatic rings. The summed E-state index contributed by atoms with van der Waals surface area (Å²) in [7, 11) is 0. The Bertz CT molecular complexity index is 417. The van der Waals surface area contributed by atoms with Crippen LogP contribution in [0.1, 0.15) is 19.6 Å². The molecule has 0 fully saturated rings. The van der Waals surface area contributed by atoms with Gasteiger partial charge in [0.1, 0.15) is 5.76 Å². The third-order valence-corrected chi connectivity index (χ3v) is 2.62. The van der Waals surface area contributed by atoms with E-state index in [0.717, 1.165) is 0 Å². The van der Waals surface area contributed by atoms with Gasteiger partial charge in [-0.25, -0.2) is 0 Å². The van der Waals surface area contributed by atoms with E-state index in [0.29, 0.717) is 11.6 Å². The average molecular weight is 272 g/mol. The first-order valence-electron chi connectivity index (χ1n) is 5.47. The van der Waals surface area contributed by atoms with Gasteiger partial charge in [-0.2, -0.15) is 0 Å². The zero-order valence-corrected chi connectivity index (χ0v) is 11.4. The van der Waals surface area contributed by atoms with Gasteiger partial charge < -0.3 is 14.6 Å². The van der Waals surface area contributed by atoms with Gasteiger partial charge in [-0.05, 0) is 20.8 Å². The summed E-state index contributed by atoms with van der Waals surface area (Å²) < 4.78 is 9.74. The van der Waals surface area contributed by atoms with Crippen LogP contribution in [0.3, 0.4) is 0 Å². The standard InChI is InChI=1S/C11H16N2O4S/c1-7(2)16-11(15)6-18-5-10(14)12-9-4-8(3)17-13-9/h4,7H,5-6H2,1-3H3,(H,12,13,14). The molecular formula is C11H16N2O4S. The van der Waals surface area contributed by atoms with Gasteiger partial charge in [0.05, 0.1) is 17.6 Å². The summed E-state index contributed by atoms with van der Waals surface area (Å²) in [5, 5.41) is 6.19. The van der Waals surface area contributed by atoms with E-state index in [9.17, 15) is 9.59 Å². The van der Waals surface area contributed by atoms with Crippen molar-refractivity contribution in [2.24, 2.45) is 0 Å². The molecule has 6 nitrogen and oxygen atoms in total. The minimum Gasteiger partial charge on any atom is -0.462 e. The summed E-state index contributed by atoms with van der Waals surface area (Å²) in [6.45, 7) is 5.30. The van der Waals surface area contributed by atoms with Crippen LogP contribution >= 0.6 is 11.8 Å². The normalized spacial score (nSPS) is 10.4. The minimum atomic E-state index is -0.319. The SMILES string of the molecule is Cc1cc(NC(=O)CSCC(=O)OC(C)C)no1. The quantitative estimate of drug-likeness (QED) is 0.792. The highest BCUT2D eigenvalue weighted by molar-refractivity contribution is 8.00. The second kappa shape index (κ2) is 7.05. The molecule has 100 valence electrons. The molecule has 0 spiro atoms. The molecule has 0 bridgehead atoms. The van der Waals surface area contributed by atoms with Crippen molar-refractivity contribution in [2.75, 3.05) is 16.8 Å². The van der Waals surface area contributed by atoms with Gasteiger partial charge in [0.25, 0.3) is 0 Å². The lowest BCUT2D eigenvalue weighted by Crippen LogP contribution is -2.17. The Kier molecular flexibility index (Phi) is 5.70. The number of aryl methyl sites for hydroxylation is 1. The minimum absolute atomic E-state index is 0.134. The van der Waals surface area contributed by atoms with Crippen LogP contribution in [0.5, 0.6) is 0 Å². The van der Waals surface area contributed by atoms with Crippen molar-refractivity contribution in [3.63, 3.8) is 0 Å². The summed E-state index contributed by atoms with van der Waals surface area (Å²) >= 11 is 1.19. The van der Waals surface area contributed by atoms with Crippen LogP contribution in [0.4, 0.5) is 5.82 Å². The van der Waals surface area contributed by atoms with Crippen LogP contribution in [0.25, 0.3) is 0 Å². The summed E-state index contributed by atoms with van der Waals surface area (Å²) in [4.78, 5) is 22.7. The molecule has 1 N–H and O–H groups in total. The largest absolute Gasteiger partial charge is 0.462 e. The van der Waals surface area contributed by atoms with Crippen LogP contribution in [0.2, 0.25) is 0 Å². The number of anilines is 1. The Morgan fingerprint density at radius 3 is 2.78 bits per heavy atom. The Balaban J connectivity index is 2.19. The van der Waals surface area contributed by atoms with Gasteiger partial charge in [-0.3, -0.25) is 9.59 Å². The molecular weight excluding hydrogens is 256 g/mol. The molecule has 0 saturated heterocycles. The number of esters is 1. The number of amides is 1. The molecule has 0 aliphatic carbocycles. The Labute approximate surface area is 109 Å². The fraction of sp³-hybridized carbons (Fsp3) is 0.545. The van der Waals surface area contributed by atoms with Crippen LogP contribution in [-0.4, -0.2) is 34.6 Å². The van der Waals surface area contributed by atoms with E-state index in [2.05, 4.69) is 10.5 Å². The Hall–Kier alpha value is -1.50. The number of rotatable bonds is 6. The second-order valence-corrected chi connectivity index (χ2v) is 4.89. The fourth-order valence-electron chi connectivity index (χ4n) is 1.13. The molecule has 0 radical (unpaired) electrons. The van der Waals surface area contributed by atoms with E-state index in [-0.39, 0.29) is 29.5 Å². The third-order valence-electron chi connectivity index (χ3n) is 1.72. The molecule has 7 heteroatoms. The van der Waals surface area contributed by atoms with Crippen molar-refractivity contribution < 1.29 is 18.8 Å². The molecule has 0 aromatic carbocycles. The number of carbonyl (C=O) groups is 2. The van der Waals surface area contributed by atoms with Gasteiger partial charge >= 0.3 is 5.97 Å². The summed E-state index contributed by atoms with van der Waals surface area (Å²) in [5.41, 5.74) is 0. The predicted octanol–water partition coefficient (Wildman–Crippen LogP) is 1.61. The molecule has 1 heterocycles. The molecule has 18 heavy (non-hydrogen) atoms. The van der Waals surface area contributed by atoms with E-state index < -0.39 is 0 Å². The highest BCUT2D eigenvalue weighted by Gasteiger charge is 2.09. The van der Waals surface area contributed by atoms with Crippen molar-refractivity contribution in [3.05, 3.63) is 11.8 Å². The van der Waals surface area contributed by atoms with E-state index in [1.165, 1.54) is 11.8 Å². The number of thioether (sulfide) groups is 1. The number of aromatic nitrogens is 1. The number of hydrogen-bond acceptors (Lipinski definition) is 6. The van der Waals surface area contributed by atoms with Crippen molar-refractivity contribution >= 4 is 29.5 Å². The van der Waals surface area contributed by atoms with Gasteiger partial charge in [-0.15, -0.1) is 11.8 Å². The van der Waals surface area contributed by atoms with E-state index in [4.69, 9.17) is 9.26 Å². The predicted molar refractivity (Wildman–Crippen MR) is 68.4 cm³/mol. The number of hydrogen-bond donors (Lipinski definition) is 1. The lowest BCUT2D eigenvalue weighted by molar-refractivity contribution is -0.144. The van der Waals surface area contributed by atoms with E-state index in [1.54, 1.807) is 26.8 Å². The first-order chi connectivity index (χ1) is 8.47. The molecule has 1 aromatic heterocycles. The third kappa shape index (κ3) is 5.72. The van der Waals surface area contributed by atoms with Gasteiger partial charge in [-0.1, -0.05) is 5.16 Å². The first-order valence-corrected chi connectivity index (χ1v) is 6.63. The van der Waals surface area contributed by atoms with Crippen LogP contribution < -0.4 is 5.32 Å². The molecule has 0 atom stereocenters. The number of carbonyl (C=O) groups excluding carboxylic acids is 2. The van der Waals surface area contributed by atoms with E-state index >= 15 is 0 Å².